The van der Waals surface area contributed by atoms with E-state index in [4.69, 9.17) is 4.74 Å². The van der Waals surface area contributed by atoms with E-state index < -0.39 is 11.8 Å². The number of hydrogen-bond donors (Lipinski definition) is 3. The lowest BCUT2D eigenvalue weighted by atomic mass is 9.96. The highest BCUT2D eigenvalue weighted by Gasteiger charge is 2.51. The van der Waals surface area contributed by atoms with E-state index in [1.54, 1.807) is 5.48 Å². The van der Waals surface area contributed by atoms with E-state index in [1.807, 2.05) is 49.4 Å². The summed E-state index contributed by atoms with van der Waals surface area (Å²) < 4.78 is 5.94. The second-order valence-corrected chi connectivity index (χ2v) is 9.52. The molecule has 1 spiro atoms. The Balaban J connectivity index is 1.30. The fourth-order valence-electron chi connectivity index (χ4n) is 5.54. The van der Waals surface area contributed by atoms with Crippen LogP contribution in [0.1, 0.15) is 52.9 Å². The van der Waals surface area contributed by atoms with Crippen molar-refractivity contribution in [3.63, 3.8) is 0 Å². The van der Waals surface area contributed by atoms with Gasteiger partial charge in [0, 0.05) is 29.3 Å². The van der Waals surface area contributed by atoms with Gasteiger partial charge in [0.05, 0.1) is 17.0 Å². The minimum Gasteiger partial charge on any atom is -0.375 e. The molecular weight excluding hydrogens is 430 g/mol. The molecule has 3 atom stereocenters. The summed E-state index contributed by atoms with van der Waals surface area (Å²) in [6.07, 6.45) is 3.63. The van der Waals surface area contributed by atoms with Gasteiger partial charge in [-0.3, -0.25) is 19.8 Å². The third-order valence-electron chi connectivity index (χ3n) is 7.16. The highest BCUT2D eigenvalue weighted by molar-refractivity contribution is 5.95. The molecule has 3 N–H and O–H groups in total. The van der Waals surface area contributed by atoms with Gasteiger partial charge in [0.25, 0.3) is 5.91 Å². The van der Waals surface area contributed by atoms with Crippen LogP contribution in [0.25, 0.3) is 10.9 Å². The molecule has 2 fully saturated rings. The molecule has 0 unspecified atom stereocenters. The van der Waals surface area contributed by atoms with Crippen molar-refractivity contribution in [2.45, 2.75) is 50.7 Å². The summed E-state index contributed by atoms with van der Waals surface area (Å²) in [4.78, 5) is 29.8. The molecule has 2 aromatic carbocycles. The van der Waals surface area contributed by atoms with E-state index >= 15 is 0 Å². The van der Waals surface area contributed by atoms with Crippen LogP contribution in [0.4, 0.5) is 0 Å². The number of pyridine rings is 1. The van der Waals surface area contributed by atoms with Crippen molar-refractivity contribution < 1.29 is 19.5 Å². The molecule has 2 aliphatic rings. The average Bonchev–Trinajstić information content (AvgIpc) is 3.45. The van der Waals surface area contributed by atoms with Gasteiger partial charge in [0.1, 0.15) is 0 Å². The first-order valence-electron chi connectivity index (χ1n) is 11.8. The van der Waals surface area contributed by atoms with Gasteiger partial charge < -0.3 is 10.1 Å². The Labute approximate surface area is 198 Å². The maximum absolute atomic E-state index is 13.0. The van der Waals surface area contributed by atoms with Gasteiger partial charge in [-0.15, -0.1) is 0 Å². The number of hydrogen-bond acceptors (Lipinski definition) is 5. The SMILES string of the molecule is Cc1cc(Cc2ccc(C(=O)N[C@@H]3C[C@@]4(CCCO4)C[C@@H]3C(=O)NO)cc2)c2ccccc2n1. The van der Waals surface area contributed by atoms with Crippen molar-refractivity contribution in [3.05, 3.63) is 77.0 Å². The molecule has 1 aliphatic carbocycles. The number of nitrogens with one attached hydrogen (secondary N) is 2. The molecule has 2 heterocycles. The summed E-state index contributed by atoms with van der Waals surface area (Å²) in [5, 5.41) is 13.3. The predicted octanol–water partition coefficient (Wildman–Crippen LogP) is 3.70. The summed E-state index contributed by atoms with van der Waals surface area (Å²) in [7, 11) is 0. The number of rotatable bonds is 5. The number of aromatic nitrogens is 1. The standard InChI is InChI=1S/C27H29N3O4/c1-17-13-20(21-5-2-3-6-23(21)28-17)14-18-7-9-19(10-8-18)25(31)29-24-16-27(11-4-12-34-27)15-22(24)26(32)30-33/h2-3,5-10,13,22,24,33H,4,11-12,14-16H2,1H3,(H,29,31)(H,30,32)/t22-,24+,27+/m0/s1. The minimum atomic E-state index is -0.519. The lowest BCUT2D eigenvalue weighted by Gasteiger charge is -2.22. The van der Waals surface area contributed by atoms with Crippen molar-refractivity contribution in [1.82, 2.24) is 15.8 Å². The molecule has 1 saturated carbocycles. The molecule has 1 aliphatic heterocycles. The quantitative estimate of drug-likeness (QED) is 0.399. The summed E-state index contributed by atoms with van der Waals surface area (Å²) >= 11 is 0. The molecule has 5 rings (SSSR count). The summed E-state index contributed by atoms with van der Waals surface area (Å²) in [6.45, 7) is 2.67. The fraction of sp³-hybridized carbons (Fsp3) is 0.370. The monoisotopic (exact) mass is 459 g/mol. The zero-order valence-electron chi connectivity index (χ0n) is 19.2. The van der Waals surface area contributed by atoms with E-state index in [1.165, 1.54) is 5.56 Å². The Hall–Kier alpha value is -3.29. The van der Waals surface area contributed by atoms with Gasteiger partial charge in [0.15, 0.2) is 0 Å². The van der Waals surface area contributed by atoms with Crippen LogP contribution in [0.15, 0.2) is 54.6 Å². The summed E-state index contributed by atoms with van der Waals surface area (Å²) in [6, 6.07) is 17.4. The minimum absolute atomic E-state index is 0.229. The number of para-hydroxylation sites is 1. The van der Waals surface area contributed by atoms with Crippen LogP contribution in [-0.4, -0.2) is 40.3 Å². The van der Waals surface area contributed by atoms with Gasteiger partial charge in [-0.05, 0) is 74.4 Å². The first-order valence-corrected chi connectivity index (χ1v) is 11.8. The normalized spacial score (nSPS) is 23.9. The Morgan fingerprint density at radius 3 is 2.68 bits per heavy atom. The zero-order valence-corrected chi connectivity index (χ0v) is 19.2. The van der Waals surface area contributed by atoms with Crippen LogP contribution in [-0.2, 0) is 16.0 Å². The van der Waals surface area contributed by atoms with Gasteiger partial charge >= 0.3 is 0 Å². The number of ether oxygens (including phenoxy) is 1. The molecule has 3 aromatic rings. The van der Waals surface area contributed by atoms with Gasteiger partial charge in [-0.25, -0.2) is 5.48 Å². The Morgan fingerprint density at radius 1 is 1.15 bits per heavy atom. The van der Waals surface area contributed by atoms with Gasteiger partial charge in [-0.1, -0.05) is 30.3 Å². The van der Waals surface area contributed by atoms with Crippen LogP contribution >= 0.6 is 0 Å². The number of hydroxylamine groups is 1. The highest BCUT2D eigenvalue weighted by Crippen LogP contribution is 2.44. The van der Waals surface area contributed by atoms with Crippen LogP contribution in [0.3, 0.4) is 0 Å². The third-order valence-corrected chi connectivity index (χ3v) is 7.16. The van der Waals surface area contributed by atoms with E-state index in [-0.39, 0.29) is 17.6 Å². The largest absolute Gasteiger partial charge is 0.375 e. The maximum atomic E-state index is 13.0. The van der Waals surface area contributed by atoms with Crippen molar-refractivity contribution in [2.24, 2.45) is 5.92 Å². The molecule has 1 aromatic heterocycles. The maximum Gasteiger partial charge on any atom is 0.251 e. The Bertz CT molecular complexity index is 1220. The van der Waals surface area contributed by atoms with E-state index in [0.29, 0.717) is 25.0 Å². The summed E-state index contributed by atoms with van der Waals surface area (Å²) in [5.41, 5.74) is 6.17. The first kappa shape index (κ1) is 22.5. The van der Waals surface area contributed by atoms with Crippen LogP contribution in [0, 0.1) is 12.8 Å². The van der Waals surface area contributed by atoms with E-state index in [2.05, 4.69) is 22.4 Å². The molecule has 7 nitrogen and oxygen atoms in total. The number of amides is 2. The Morgan fingerprint density at radius 2 is 1.94 bits per heavy atom. The molecule has 34 heavy (non-hydrogen) atoms. The average molecular weight is 460 g/mol. The number of carbonyl (C=O) groups is 2. The third kappa shape index (κ3) is 4.41. The lowest BCUT2D eigenvalue weighted by molar-refractivity contribution is -0.134. The van der Waals surface area contributed by atoms with Crippen LogP contribution in [0.5, 0.6) is 0 Å². The van der Waals surface area contributed by atoms with Crippen LogP contribution in [0.2, 0.25) is 0 Å². The second kappa shape index (κ2) is 9.16. The van der Waals surface area contributed by atoms with Crippen molar-refractivity contribution in [2.75, 3.05) is 6.61 Å². The predicted molar refractivity (Wildman–Crippen MR) is 128 cm³/mol. The lowest BCUT2D eigenvalue weighted by Crippen LogP contribution is -2.43. The van der Waals surface area contributed by atoms with Gasteiger partial charge in [-0.2, -0.15) is 0 Å². The first-order chi connectivity index (χ1) is 16.5. The second-order valence-electron chi connectivity index (χ2n) is 9.52. The Kier molecular flexibility index (Phi) is 6.06. The molecule has 176 valence electrons. The number of fused-ring (bicyclic) bond motifs is 1. The number of aryl methyl sites for hydroxylation is 1. The molecule has 1 saturated heterocycles. The van der Waals surface area contributed by atoms with Crippen LogP contribution < -0.4 is 10.8 Å². The van der Waals surface area contributed by atoms with Crippen molar-refractivity contribution in [1.29, 1.82) is 0 Å². The van der Waals surface area contributed by atoms with E-state index in [0.717, 1.165) is 41.4 Å². The fourth-order valence-corrected chi connectivity index (χ4v) is 5.54. The van der Waals surface area contributed by atoms with Crippen molar-refractivity contribution in [3.8, 4) is 0 Å². The van der Waals surface area contributed by atoms with Gasteiger partial charge in [0.2, 0.25) is 5.91 Å². The molecule has 7 heteroatoms. The molecule has 0 radical (unpaired) electrons. The molecule has 2 amide bonds. The molecular formula is C27H29N3O4. The zero-order chi connectivity index (χ0) is 23.7. The summed E-state index contributed by atoms with van der Waals surface area (Å²) in [5.74, 6) is -1.23. The van der Waals surface area contributed by atoms with E-state index in [9.17, 15) is 14.8 Å². The highest BCUT2D eigenvalue weighted by atomic mass is 16.5. The number of nitrogens with zero attached hydrogens (tertiary/aromatic N) is 1. The molecule has 0 bridgehead atoms. The van der Waals surface area contributed by atoms with Crippen molar-refractivity contribution >= 4 is 22.7 Å². The topological polar surface area (TPSA) is 101 Å². The number of carbonyl (C=O) groups excluding carboxylic acids is 2. The number of benzene rings is 2. The smallest absolute Gasteiger partial charge is 0.251 e.